The van der Waals surface area contributed by atoms with Crippen LogP contribution in [0.2, 0.25) is 0 Å². The average Bonchev–Trinajstić information content (AvgIpc) is 3.10. The van der Waals surface area contributed by atoms with Gasteiger partial charge >= 0.3 is 0 Å². The van der Waals surface area contributed by atoms with Crippen LogP contribution in [0.1, 0.15) is 29.0 Å². The lowest BCUT2D eigenvalue weighted by atomic mass is 10.0. The highest BCUT2D eigenvalue weighted by Crippen LogP contribution is 2.20. The number of nitrogens with one attached hydrogen (secondary N) is 2. The molecule has 0 unspecified atom stereocenters. The number of hydrogen-bond donors (Lipinski definition) is 2. The molecule has 0 aliphatic rings. The van der Waals surface area contributed by atoms with E-state index in [-0.39, 0.29) is 11.9 Å². The average molecular weight is 293 g/mol. The normalized spacial score (nSPS) is 11.9. The van der Waals surface area contributed by atoms with Gasteiger partial charge in [-0.2, -0.15) is 5.10 Å². The molecule has 2 aromatic heterocycles. The topological polar surface area (TPSA) is 83.6 Å². The fourth-order valence-corrected chi connectivity index (χ4v) is 2.15. The summed E-state index contributed by atoms with van der Waals surface area (Å²) in [6, 6.07) is 9.50. The van der Waals surface area contributed by atoms with Crippen LogP contribution in [0.5, 0.6) is 0 Å². The first-order chi connectivity index (χ1) is 10.7. The van der Waals surface area contributed by atoms with Gasteiger partial charge < -0.3 is 5.32 Å². The second-order valence-electron chi connectivity index (χ2n) is 4.91. The van der Waals surface area contributed by atoms with Crippen LogP contribution in [-0.2, 0) is 0 Å². The van der Waals surface area contributed by atoms with E-state index >= 15 is 0 Å². The van der Waals surface area contributed by atoms with Crippen LogP contribution < -0.4 is 5.32 Å². The van der Waals surface area contributed by atoms with Gasteiger partial charge in [-0.25, -0.2) is 9.97 Å². The minimum absolute atomic E-state index is 0.100. The third-order valence-electron chi connectivity index (χ3n) is 3.40. The summed E-state index contributed by atoms with van der Waals surface area (Å²) in [6.45, 7) is 1.94. The monoisotopic (exact) mass is 293 g/mol. The zero-order valence-corrected chi connectivity index (χ0v) is 12.0. The maximum atomic E-state index is 12.0. The lowest BCUT2D eigenvalue weighted by Gasteiger charge is -2.14. The maximum Gasteiger partial charge on any atom is 0.269 e. The Hall–Kier alpha value is -3.02. The van der Waals surface area contributed by atoms with E-state index in [1.54, 1.807) is 24.7 Å². The van der Waals surface area contributed by atoms with Gasteiger partial charge in [0.15, 0.2) is 0 Å². The lowest BCUT2D eigenvalue weighted by Crippen LogP contribution is -2.26. The number of rotatable bonds is 4. The molecule has 0 spiro atoms. The predicted molar refractivity (Wildman–Crippen MR) is 81.9 cm³/mol. The van der Waals surface area contributed by atoms with Gasteiger partial charge in [0, 0.05) is 24.2 Å². The Morgan fingerprint density at radius 2 is 1.82 bits per heavy atom. The molecule has 0 bridgehead atoms. The van der Waals surface area contributed by atoms with Crippen LogP contribution in [0, 0.1) is 0 Å². The van der Waals surface area contributed by atoms with Gasteiger partial charge in [0.05, 0.1) is 6.04 Å². The molecule has 2 N–H and O–H groups in total. The number of H-pyrrole nitrogens is 1. The number of amides is 1. The standard InChI is InChI=1S/C16H15N5O/c1-11(20-16(22)15-6-7-19-21-15)12-2-4-13(5-3-12)14-8-17-10-18-9-14/h2-11H,1H3,(H,19,21)(H,20,22)/t11-/m0/s1. The molecule has 0 aliphatic carbocycles. The molecule has 1 atom stereocenters. The zero-order valence-electron chi connectivity index (χ0n) is 12.0. The second-order valence-corrected chi connectivity index (χ2v) is 4.91. The minimum Gasteiger partial charge on any atom is -0.344 e. The highest BCUT2D eigenvalue weighted by Gasteiger charge is 2.12. The molecule has 22 heavy (non-hydrogen) atoms. The quantitative estimate of drug-likeness (QED) is 0.773. The summed E-state index contributed by atoms with van der Waals surface area (Å²) >= 11 is 0. The molecule has 3 rings (SSSR count). The Labute approximate surface area is 127 Å². The van der Waals surface area contributed by atoms with Gasteiger partial charge in [-0.15, -0.1) is 0 Å². The smallest absolute Gasteiger partial charge is 0.269 e. The van der Waals surface area contributed by atoms with Gasteiger partial charge in [-0.3, -0.25) is 9.89 Å². The van der Waals surface area contributed by atoms with Crippen molar-refractivity contribution in [2.75, 3.05) is 0 Å². The molecule has 6 heteroatoms. The van der Waals surface area contributed by atoms with E-state index in [0.29, 0.717) is 5.69 Å². The number of carbonyl (C=O) groups excluding carboxylic acids is 1. The zero-order chi connectivity index (χ0) is 15.4. The van der Waals surface area contributed by atoms with Crippen LogP contribution in [0.4, 0.5) is 0 Å². The fourth-order valence-electron chi connectivity index (χ4n) is 2.15. The number of nitrogens with zero attached hydrogens (tertiary/aromatic N) is 3. The van der Waals surface area contributed by atoms with E-state index in [4.69, 9.17) is 0 Å². The van der Waals surface area contributed by atoms with Crippen LogP contribution in [0.25, 0.3) is 11.1 Å². The van der Waals surface area contributed by atoms with Crippen molar-refractivity contribution >= 4 is 5.91 Å². The molecule has 110 valence electrons. The second kappa shape index (κ2) is 6.17. The molecule has 1 amide bonds. The van der Waals surface area contributed by atoms with Crippen molar-refractivity contribution in [3.63, 3.8) is 0 Å². The lowest BCUT2D eigenvalue weighted by molar-refractivity contribution is 0.0935. The van der Waals surface area contributed by atoms with E-state index in [0.717, 1.165) is 16.7 Å². The van der Waals surface area contributed by atoms with E-state index < -0.39 is 0 Å². The molecule has 1 aromatic carbocycles. The first kappa shape index (κ1) is 13.9. The van der Waals surface area contributed by atoms with E-state index in [1.807, 2.05) is 31.2 Å². The molecule has 3 aromatic rings. The van der Waals surface area contributed by atoms with Crippen molar-refractivity contribution in [2.24, 2.45) is 0 Å². The Balaban J connectivity index is 1.71. The molecular weight excluding hydrogens is 278 g/mol. The summed E-state index contributed by atoms with van der Waals surface area (Å²) in [5.74, 6) is -0.175. The van der Waals surface area contributed by atoms with Gasteiger partial charge in [-0.05, 0) is 24.1 Å². The van der Waals surface area contributed by atoms with Gasteiger partial charge in [0.1, 0.15) is 12.0 Å². The third kappa shape index (κ3) is 3.01. The largest absolute Gasteiger partial charge is 0.344 e. The molecule has 0 radical (unpaired) electrons. The summed E-state index contributed by atoms with van der Waals surface area (Å²) < 4.78 is 0. The number of benzene rings is 1. The van der Waals surface area contributed by atoms with Crippen molar-refractivity contribution in [3.05, 3.63) is 66.5 Å². The summed E-state index contributed by atoms with van der Waals surface area (Å²) in [5, 5.41) is 9.34. The van der Waals surface area contributed by atoms with Gasteiger partial charge in [-0.1, -0.05) is 24.3 Å². The molecule has 0 aliphatic heterocycles. The van der Waals surface area contributed by atoms with Gasteiger partial charge in [0.25, 0.3) is 5.91 Å². The molecule has 0 fully saturated rings. The summed E-state index contributed by atoms with van der Waals surface area (Å²) in [5.41, 5.74) is 3.47. The Bertz CT molecular complexity index is 738. The van der Waals surface area contributed by atoms with Crippen molar-refractivity contribution in [3.8, 4) is 11.1 Å². The first-order valence-electron chi connectivity index (χ1n) is 6.89. The van der Waals surface area contributed by atoms with Crippen molar-refractivity contribution in [1.29, 1.82) is 0 Å². The van der Waals surface area contributed by atoms with Crippen LogP contribution in [0.15, 0.2) is 55.2 Å². The summed E-state index contributed by atoms with van der Waals surface area (Å²) in [6.07, 6.45) is 6.60. The van der Waals surface area contributed by atoms with Gasteiger partial charge in [0.2, 0.25) is 0 Å². The fraction of sp³-hybridized carbons (Fsp3) is 0.125. The Morgan fingerprint density at radius 3 is 2.45 bits per heavy atom. The molecular formula is C16H15N5O. The highest BCUT2D eigenvalue weighted by atomic mass is 16.2. The Kier molecular flexibility index (Phi) is 3.91. The van der Waals surface area contributed by atoms with Crippen LogP contribution >= 0.6 is 0 Å². The number of carbonyl (C=O) groups is 1. The number of hydrogen-bond acceptors (Lipinski definition) is 4. The molecule has 0 saturated heterocycles. The van der Waals surface area contributed by atoms with Crippen LogP contribution in [0.3, 0.4) is 0 Å². The van der Waals surface area contributed by atoms with Crippen molar-refractivity contribution in [1.82, 2.24) is 25.5 Å². The van der Waals surface area contributed by atoms with Crippen molar-refractivity contribution in [2.45, 2.75) is 13.0 Å². The third-order valence-corrected chi connectivity index (χ3v) is 3.40. The number of aromatic nitrogens is 4. The summed E-state index contributed by atoms with van der Waals surface area (Å²) in [7, 11) is 0. The maximum absolute atomic E-state index is 12.0. The van der Waals surface area contributed by atoms with Crippen LogP contribution in [-0.4, -0.2) is 26.1 Å². The number of aromatic amines is 1. The Morgan fingerprint density at radius 1 is 1.09 bits per heavy atom. The highest BCUT2D eigenvalue weighted by molar-refractivity contribution is 5.92. The van der Waals surface area contributed by atoms with Crippen molar-refractivity contribution < 1.29 is 4.79 Å². The van der Waals surface area contributed by atoms with E-state index in [9.17, 15) is 4.79 Å². The molecule has 6 nitrogen and oxygen atoms in total. The SMILES string of the molecule is C[C@H](NC(=O)c1ccn[nH]1)c1ccc(-c2cncnc2)cc1. The predicted octanol–water partition coefficient (Wildman–Crippen LogP) is 2.36. The summed E-state index contributed by atoms with van der Waals surface area (Å²) in [4.78, 5) is 20.0. The molecule has 2 heterocycles. The first-order valence-corrected chi connectivity index (χ1v) is 6.89. The van der Waals surface area contributed by atoms with E-state index in [2.05, 4.69) is 25.5 Å². The molecule has 0 saturated carbocycles. The minimum atomic E-state index is -0.175. The van der Waals surface area contributed by atoms with E-state index in [1.165, 1.54) is 6.33 Å².